The summed E-state index contributed by atoms with van der Waals surface area (Å²) in [6, 6.07) is 23.4. The quantitative estimate of drug-likeness (QED) is 0.675. The molecule has 3 nitrogen and oxygen atoms in total. The summed E-state index contributed by atoms with van der Waals surface area (Å²) in [6.07, 6.45) is 1.22. The number of sulfone groups is 1. The minimum absolute atomic E-state index is 0.331. The second-order valence-electron chi connectivity index (χ2n) is 5.97. The van der Waals surface area contributed by atoms with Crippen LogP contribution in [0, 0.1) is 0 Å². The highest BCUT2D eigenvalue weighted by atomic mass is 32.2. The fraction of sp³-hybridized carbons (Fsp3) is 0.143. The smallest absolute Gasteiger partial charge is 0.175 e. The third kappa shape index (κ3) is 3.98. The molecule has 0 amide bonds. The van der Waals surface area contributed by atoms with E-state index in [9.17, 15) is 8.42 Å². The van der Waals surface area contributed by atoms with Gasteiger partial charge in [0.05, 0.1) is 11.5 Å². The summed E-state index contributed by atoms with van der Waals surface area (Å²) in [6.45, 7) is 0.592. The Morgan fingerprint density at radius 2 is 1.24 bits per heavy atom. The van der Waals surface area contributed by atoms with Gasteiger partial charge in [0.2, 0.25) is 0 Å². The molecule has 0 saturated carbocycles. The van der Waals surface area contributed by atoms with Crippen molar-refractivity contribution in [3.05, 3.63) is 78.4 Å². The molecule has 0 heterocycles. The van der Waals surface area contributed by atoms with Crippen LogP contribution in [0.2, 0.25) is 0 Å². The molecule has 128 valence electrons. The van der Waals surface area contributed by atoms with Crippen molar-refractivity contribution in [2.24, 2.45) is 0 Å². The second kappa shape index (κ2) is 7.21. The van der Waals surface area contributed by atoms with Gasteiger partial charge in [-0.3, -0.25) is 0 Å². The van der Waals surface area contributed by atoms with E-state index in [1.165, 1.54) is 6.26 Å². The molecule has 3 rings (SSSR count). The van der Waals surface area contributed by atoms with Gasteiger partial charge in [0.15, 0.2) is 9.84 Å². The standard InChI is InChI=1S/C21H20O3S/c1-24-15-16-7-9-17(10-8-16)20-5-3-4-6-21(20)18-11-13-19(14-12-18)25(2,22)23/h3-14H,15H2,1-2H3. The predicted octanol–water partition coefficient (Wildman–Crippen LogP) is 4.57. The van der Waals surface area contributed by atoms with E-state index in [1.54, 1.807) is 19.2 Å². The van der Waals surface area contributed by atoms with Crippen LogP contribution in [0.4, 0.5) is 0 Å². The van der Waals surface area contributed by atoms with Crippen LogP contribution < -0.4 is 0 Å². The maximum Gasteiger partial charge on any atom is 0.175 e. The number of benzene rings is 3. The Morgan fingerprint density at radius 1 is 0.760 bits per heavy atom. The Bertz CT molecular complexity index is 957. The largest absolute Gasteiger partial charge is 0.380 e. The van der Waals surface area contributed by atoms with E-state index < -0.39 is 9.84 Å². The summed E-state index contributed by atoms with van der Waals surface area (Å²) >= 11 is 0. The Labute approximate surface area is 148 Å². The molecule has 0 aromatic heterocycles. The highest BCUT2D eigenvalue weighted by Crippen LogP contribution is 2.32. The molecule has 0 atom stereocenters. The Balaban J connectivity index is 2.01. The Morgan fingerprint density at radius 3 is 1.68 bits per heavy atom. The first kappa shape index (κ1) is 17.4. The summed E-state index contributed by atoms with van der Waals surface area (Å²) in [5.74, 6) is 0. The lowest BCUT2D eigenvalue weighted by atomic mass is 9.94. The van der Waals surface area contributed by atoms with Gasteiger partial charge in [-0.15, -0.1) is 0 Å². The van der Waals surface area contributed by atoms with Gasteiger partial charge in [0, 0.05) is 13.4 Å². The van der Waals surface area contributed by atoms with Crippen LogP contribution in [0.5, 0.6) is 0 Å². The maximum absolute atomic E-state index is 11.6. The molecule has 0 unspecified atom stereocenters. The molecule has 0 bridgehead atoms. The monoisotopic (exact) mass is 352 g/mol. The van der Waals surface area contributed by atoms with Crippen LogP contribution in [0.25, 0.3) is 22.3 Å². The van der Waals surface area contributed by atoms with Gasteiger partial charge in [0.25, 0.3) is 0 Å². The first-order valence-electron chi connectivity index (χ1n) is 7.97. The molecule has 4 heteroatoms. The minimum atomic E-state index is -3.19. The van der Waals surface area contributed by atoms with Gasteiger partial charge in [-0.25, -0.2) is 8.42 Å². The number of rotatable bonds is 5. The van der Waals surface area contributed by atoms with Gasteiger partial charge in [-0.2, -0.15) is 0 Å². The van der Waals surface area contributed by atoms with Crippen molar-refractivity contribution in [1.29, 1.82) is 0 Å². The topological polar surface area (TPSA) is 43.4 Å². The third-order valence-corrected chi connectivity index (χ3v) is 5.22. The predicted molar refractivity (Wildman–Crippen MR) is 101 cm³/mol. The van der Waals surface area contributed by atoms with Gasteiger partial charge < -0.3 is 4.74 Å². The van der Waals surface area contributed by atoms with Crippen LogP contribution in [-0.4, -0.2) is 21.8 Å². The molecule has 0 fully saturated rings. The van der Waals surface area contributed by atoms with Crippen LogP contribution in [0.3, 0.4) is 0 Å². The molecule has 0 saturated heterocycles. The summed E-state index contributed by atoms with van der Waals surface area (Å²) < 4.78 is 28.4. The average Bonchev–Trinajstić information content (AvgIpc) is 2.62. The van der Waals surface area contributed by atoms with Crippen molar-refractivity contribution >= 4 is 9.84 Å². The molecule has 0 aliphatic rings. The Hall–Kier alpha value is -2.43. The second-order valence-corrected chi connectivity index (χ2v) is 7.99. The first-order valence-corrected chi connectivity index (χ1v) is 9.86. The summed E-state index contributed by atoms with van der Waals surface area (Å²) in [7, 11) is -1.50. The Kier molecular flexibility index (Phi) is 5.02. The first-order chi connectivity index (χ1) is 12.0. The molecule has 0 spiro atoms. The van der Waals surface area contributed by atoms with Gasteiger partial charge in [-0.1, -0.05) is 60.7 Å². The molecule has 3 aromatic carbocycles. The molecule has 3 aromatic rings. The van der Waals surface area contributed by atoms with Crippen LogP contribution >= 0.6 is 0 Å². The molecule has 25 heavy (non-hydrogen) atoms. The summed E-state index contributed by atoms with van der Waals surface area (Å²) in [5.41, 5.74) is 5.41. The van der Waals surface area contributed by atoms with Crippen LogP contribution in [0.15, 0.2) is 77.7 Å². The molecule has 0 N–H and O–H groups in total. The van der Waals surface area contributed by atoms with Gasteiger partial charge >= 0.3 is 0 Å². The van der Waals surface area contributed by atoms with Crippen molar-refractivity contribution < 1.29 is 13.2 Å². The highest BCUT2D eigenvalue weighted by molar-refractivity contribution is 7.90. The van der Waals surface area contributed by atoms with Crippen molar-refractivity contribution in [2.45, 2.75) is 11.5 Å². The zero-order valence-corrected chi connectivity index (χ0v) is 15.1. The fourth-order valence-electron chi connectivity index (χ4n) is 2.82. The van der Waals surface area contributed by atoms with Gasteiger partial charge in [0.1, 0.15) is 0 Å². The molecular formula is C21H20O3S. The minimum Gasteiger partial charge on any atom is -0.380 e. The normalized spacial score (nSPS) is 11.4. The maximum atomic E-state index is 11.6. The average molecular weight is 352 g/mol. The van der Waals surface area contributed by atoms with Gasteiger partial charge in [-0.05, 0) is 39.9 Å². The summed E-state index contributed by atoms with van der Waals surface area (Å²) in [4.78, 5) is 0.331. The van der Waals surface area contributed by atoms with E-state index in [1.807, 2.05) is 30.3 Å². The van der Waals surface area contributed by atoms with Crippen molar-refractivity contribution in [3.63, 3.8) is 0 Å². The van der Waals surface area contributed by atoms with E-state index in [4.69, 9.17) is 4.74 Å². The van der Waals surface area contributed by atoms with Crippen LogP contribution in [-0.2, 0) is 21.2 Å². The van der Waals surface area contributed by atoms with Crippen molar-refractivity contribution in [3.8, 4) is 22.3 Å². The molecular weight excluding hydrogens is 332 g/mol. The van der Waals surface area contributed by atoms with E-state index in [2.05, 4.69) is 30.3 Å². The fourth-order valence-corrected chi connectivity index (χ4v) is 3.45. The van der Waals surface area contributed by atoms with Crippen LogP contribution in [0.1, 0.15) is 5.56 Å². The van der Waals surface area contributed by atoms with Crippen molar-refractivity contribution in [1.82, 2.24) is 0 Å². The summed E-state index contributed by atoms with van der Waals surface area (Å²) in [5, 5.41) is 0. The zero-order chi connectivity index (χ0) is 17.9. The van der Waals surface area contributed by atoms with E-state index >= 15 is 0 Å². The number of hydrogen-bond donors (Lipinski definition) is 0. The molecule has 0 aliphatic carbocycles. The lowest BCUT2D eigenvalue weighted by Crippen LogP contribution is -1.96. The highest BCUT2D eigenvalue weighted by Gasteiger charge is 2.10. The molecule has 0 radical (unpaired) electrons. The van der Waals surface area contributed by atoms with E-state index in [-0.39, 0.29) is 0 Å². The van der Waals surface area contributed by atoms with E-state index in [0.29, 0.717) is 11.5 Å². The van der Waals surface area contributed by atoms with Crippen molar-refractivity contribution in [2.75, 3.05) is 13.4 Å². The molecule has 0 aliphatic heterocycles. The third-order valence-electron chi connectivity index (χ3n) is 4.10. The number of ether oxygens (including phenoxy) is 1. The zero-order valence-electron chi connectivity index (χ0n) is 14.3. The SMILES string of the molecule is COCc1ccc(-c2ccccc2-c2ccc(S(C)(=O)=O)cc2)cc1. The lowest BCUT2D eigenvalue weighted by molar-refractivity contribution is 0.185. The number of methoxy groups -OCH3 is 1. The van der Waals surface area contributed by atoms with E-state index in [0.717, 1.165) is 27.8 Å². The number of hydrogen-bond acceptors (Lipinski definition) is 3. The lowest BCUT2D eigenvalue weighted by Gasteiger charge is -2.11.